The molecule has 2 aromatic rings. The molecule has 110 valence electrons. The number of carbonyl (C=O) groups is 1. The fourth-order valence-electron chi connectivity index (χ4n) is 3.15. The van der Waals surface area contributed by atoms with E-state index >= 15 is 0 Å². The SMILES string of the molecule is O=C(NCC1CN2CCN1CC2)c1ccc2nsnc2c1. The highest BCUT2D eigenvalue weighted by Crippen LogP contribution is 2.16. The molecule has 0 spiro atoms. The van der Waals surface area contributed by atoms with Gasteiger partial charge in [0, 0.05) is 50.9 Å². The molecule has 3 aliphatic heterocycles. The molecule has 0 aliphatic carbocycles. The quantitative estimate of drug-likeness (QED) is 0.890. The second-order valence-corrected chi connectivity index (χ2v) is 6.20. The number of hydrogen-bond acceptors (Lipinski definition) is 6. The summed E-state index contributed by atoms with van der Waals surface area (Å²) in [7, 11) is 0. The van der Waals surface area contributed by atoms with Gasteiger partial charge >= 0.3 is 0 Å². The van der Waals surface area contributed by atoms with Gasteiger partial charge < -0.3 is 5.32 Å². The van der Waals surface area contributed by atoms with Crippen LogP contribution in [0.5, 0.6) is 0 Å². The average Bonchev–Trinajstić information content (AvgIpc) is 3.01. The lowest BCUT2D eigenvalue weighted by Gasteiger charge is -2.47. The summed E-state index contributed by atoms with van der Waals surface area (Å²) in [4.78, 5) is 17.2. The number of benzene rings is 1. The van der Waals surface area contributed by atoms with E-state index in [9.17, 15) is 4.79 Å². The Morgan fingerprint density at radius 2 is 2.05 bits per heavy atom. The maximum atomic E-state index is 12.3. The summed E-state index contributed by atoms with van der Waals surface area (Å²) in [5.74, 6) is -0.0254. The molecule has 21 heavy (non-hydrogen) atoms. The standard InChI is InChI=1S/C14H17N5OS/c20-14(10-1-2-12-13(7-10)17-21-16-12)15-8-11-9-18-3-5-19(11)6-4-18/h1-2,7,11H,3-6,8-9H2,(H,15,20). The minimum absolute atomic E-state index is 0.0254. The molecule has 1 N–H and O–H groups in total. The summed E-state index contributed by atoms with van der Waals surface area (Å²) >= 11 is 1.17. The monoisotopic (exact) mass is 303 g/mol. The summed E-state index contributed by atoms with van der Waals surface area (Å²) in [6.07, 6.45) is 0. The fraction of sp³-hybridized carbons (Fsp3) is 0.500. The van der Waals surface area contributed by atoms with E-state index in [0.717, 1.165) is 43.8 Å². The van der Waals surface area contributed by atoms with Gasteiger partial charge in [0.2, 0.25) is 0 Å². The van der Waals surface area contributed by atoms with Gasteiger partial charge in [-0.05, 0) is 18.2 Å². The van der Waals surface area contributed by atoms with Crippen LogP contribution in [0.15, 0.2) is 18.2 Å². The van der Waals surface area contributed by atoms with E-state index in [4.69, 9.17) is 0 Å². The number of hydrogen-bond donors (Lipinski definition) is 1. The number of nitrogens with one attached hydrogen (secondary N) is 1. The fourth-order valence-corrected chi connectivity index (χ4v) is 3.67. The van der Waals surface area contributed by atoms with Crippen molar-refractivity contribution in [2.24, 2.45) is 0 Å². The van der Waals surface area contributed by atoms with Crippen molar-refractivity contribution in [3.05, 3.63) is 23.8 Å². The van der Waals surface area contributed by atoms with Crippen LogP contribution in [-0.4, -0.2) is 69.8 Å². The van der Waals surface area contributed by atoms with Gasteiger partial charge in [-0.1, -0.05) is 0 Å². The van der Waals surface area contributed by atoms with Crippen molar-refractivity contribution < 1.29 is 4.79 Å². The van der Waals surface area contributed by atoms with Crippen molar-refractivity contribution in [3.8, 4) is 0 Å². The molecule has 5 rings (SSSR count). The van der Waals surface area contributed by atoms with Crippen LogP contribution in [0.2, 0.25) is 0 Å². The van der Waals surface area contributed by atoms with Gasteiger partial charge in [0.25, 0.3) is 5.91 Å². The Hall–Kier alpha value is -1.57. The van der Waals surface area contributed by atoms with Gasteiger partial charge in [0.15, 0.2) is 0 Å². The van der Waals surface area contributed by atoms with Crippen LogP contribution in [0.25, 0.3) is 11.0 Å². The highest BCUT2D eigenvalue weighted by atomic mass is 32.1. The zero-order chi connectivity index (χ0) is 14.2. The van der Waals surface area contributed by atoms with Crippen molar-refractivity contribution in [1.29, 1.82) is 0 Å². The third-order valence-electron chi connectivity index (χ3n) is 4.41. The first-order chi connectivity index (χ1) is 10.3. The van der Waals surface area contributed by atoms with Crippen LogP contribution in [-0.2, 0) is 0 Å². The van der Waals surface area contributed by atoms with E-state index in [1.54, 1.807) is 0 Å². The zero-order valence-corrected chi connectivity index (χ0v) is 12.5. The summed E-state index contributed by atoms with van der Waals surface area (Å²) in [5.41, 5.74) is 2.30. The smallest absolute Gasteiger partial charge is 0.251 e. The normalized spacial score (nSPS) is 27.9. The Morgan fingerprint density at radius 1 is 1.24 bits per heavy atom. The average molecular weight is 303 g/mol. The third-order valence-corrected chi connectivity index (χ3v) is 4.96. The molecule has 2 bridgehead atoms. The van der Waals surface area contributed by atoms with Crippen molar-refractivity contribution >= 4 is 28.7 Å². The summed E-state index contributed by atoms with van der Waals surface area (Å²) < 4.78 is 8.33. The molecule has 0 radical (unpaired) electrons. The molecule has 1 unspecified atom stereocenters. The number of rotatable bonds is 3. The Balaban J connectivity index is 1.41. The lowest BCUT2D eigenvalue weighted by Crippen LogP contribution is -2.63. The van der Waals surface area contributed by atoms with Gasteiger partial charge in [0.05, 0.1) is 11.7 Å². The van der Waals surface area contributed by atoms with Gasteiger partial charge in [-0.2, -0.15) is 8.75 Å². The predicted octanol–water partition coefficient (Wildman–Crippen LogP) is 0.421. The Kier molecular flexibility index (Phi) is 3.33. The van der Waals surface area contributed by atoms with E-state index in [1.807, 2.05) is 18.2 Å². The first-order valence-electron chi connectivity index (χ1n) is 7.26. The first-order valence-corrected chi connectivity index (χ1v) is 7.99. The van der Waals surface area contributed by atoms with E-state index in [-0.39, 0.29) is 5.91 Å². The van der Waals surface area contributed by atoms with E-state index in [0.29, 0.717) is 18.2 Å². The maximum Gasteiger partial charge on any atom is 0.251 e. The van der Waals surface area contributed by atoms with Crippen molar-refractivity contribution in [3.63, 3.8) is 0 Å². The lowest BCUT2D eigenvalue weighted by molar-refractivity contribution is 0.0138. The zero-order valence-electron chi connectivity index (χ0n) is 11.7. The molecule has 0 saturated carbocycles. The van der Waals surface area contributed by atoms with E-state index in [2.05, 4.69) is 23.9 Å². The number of carbonyl (C=O) groups excluding carboxylic acids is 1. The lowest BCUT2D eigenvalue weighted by atomic mass is 10.1. The van der Waals surface area contributed by atoms with Gasteiger partial charge in [-0.15, -0.1) is 0 Å². The number of aromatic nitrogens is 2. The second-order valence-electron chi connectivity index (χ2n) is 5.67. The Labute approximate surface area is 127 Å². The summed E-state index contributed by atoms with van der Waals surface area (Å²) in [6, 6.07) is 5.92. The highest BCUT2D eigenvalue weighted by Gasteiger charge is 2.31. The van der Waals surface area contributed by atoms with Crippen molar-refractivity contribution in [2.75, 3.05) is 39.3 Å². The first kappa shape index (κ1) is 13.1. The van der Waals surface area contributed by atoms with Crippen molar-refractivity contribution in [2.45, 2.75) is 6.04 Å². The topological polar surface area (TPSA) is 61.4 Å². The number of amides is 1. The van der Waals surface area contributed by atoms with E-state index < -0.39 is 0 Å². The van der Waals surface area contributed by atoms with Crippen molar-refractivity contribution in [1.82, 2.24) is 23.9 Å². The third kappa shape index (κ3) is 2.52. The summed E-state index contributed by atoms with van der Waals surface area (Å²) in [6.45, 7) is 6.35. The van der Waals surface area contributed by atoms with Crippen LogP contribution in [0.4, 0.5) is 0 Å². The number of fused-ring (bicyclic) bond motifs is 4. The Bertz CT molecular complexity index is 664. The minimum atomic E-state index is -0.0254. The molecule has 1 aromatic carbocycles. The molecule has 1 atom stereocenters. The molecule has 3 aliphatic rings. The van der Waals surface area contributed by atoms with Crippen LogP contribution in [0.3, 0.4) is 0 Å². The predicted molar refractivity (Wildman–Crippen MR) is 81.5 cm³/mol. The molecule has 1 aromatic heterocycles. The molecular weight excluding hydrogens is 286 g/mol. The largest absolute Gasteiger partial charge is 0.350 e. The molecular formula is C14H17N5OS. The number of nitrogens with zero attached hydrogens (tertiary/aromatic N) is 4. The van der Waals surface area contributed by atoms with Gasteiger partial charge in [-0.3, -0.25) is 14.6 Å². The van der Waals surface area contributed by atoms with Gasteiger partial charge in [0.1, 0.15) is 11.0 Å². The van der Waals surface area contributed by atoms with Gasteiger partial charge in [-0.25, -0.2) is 0 Å². The highest BCUT2D eigenvalue weighted by molar-refractivity contribution is 7.00. The second kappa shape index (κ2) is 5.32. The molecule has 6 nitrogen and oxygen atoms in total. The van der Waals surface area contributed by atoms with Crippen LogP contribution < -0.4 is 5.32 Å². The van der Waals surface area contributed by atoms with Crippen LogP contribution in [0, 0.1) is 0 Å². The van der Waals surface area contributed by atoms with Crippen LogP contribution in [0.1, 0.15) is 10.4 Å². The molecule has 3 saturated heterocycles. The van der Waals surface area contributed by atoms with Crippen LogP contribution >= 0.6 is 11.7 Å². The Morgan fingerprint density at radius 3 is 2.81 bits per heavy atom. The van der Waals surface area contributed by atoms with E-state index in [1.165, 1.54) is 11.7 Å². The molecule has 1 amide bonds. The minimum Gasteiger partial charge on any atom is -0.350 e. The molecule has 3 fully saturated rings. The molecule has 4 heterocycles. The molecule has 7 heteroatoms. The maximum absolute atomic E-state index is 12.3. The summed E-state index contributed by atoms with van der Waals surface area (Å²) in [5, 5.41) is 3.06. The number of piperazine rings is 3.